The van der Waals surface area contributed by atoms with E-state index in [2.05, 4.69) is 9.38 Å². The van der Waals surface area contributed by atoms with Crippen LogP contribution in [0.4, 0.5) is 0 Å². The van der Waals surface area contributed by atoms with Crippen LogP contribution in [0.1, 0.15) is 32.2 Å². The quantitative estimate of drug-likeness (QED) is 0.571. The maximum Gasteiger partial charge on any atom is 0.144 e. The normalized spacial score (nSPS) is 14.5. The first-order valence-electron chi connectivity index (χ1n) is 4.79. The number of aromatic nitrogens is 1. The summed E-state index contributed by atoms with van der Waals surface area (Å²) in [5.74, 6) is 0. The summed E-state index contributed by atoms with van der Waals surface area (Å²) in [5, 5.41) is 0. The molecule has 1 aromatic rings. The van der Waals surface area contributed by atoms with E-state index in [0.717, 1.165) is 11.4 Å². The van der Waals surface area contributed by atoms with Crippen LogP contribution in [0.15, 0.2) is 22.6 Å². The van der Waals surface area contributed by atoms with Gasteiger partial charge in [-0.2, -0.15) is 0 Å². The van der Waals surface area contributed by atoms with Crippen molar-refractivity contribution in [2.75, 3.05) is 0 Å². The Morgan fingerprint density at radius 2 is 2.07 bits per heavy atom. The molecule has 1 unspecified atom stereocenters. The van der Waals surface area contributed by atoms with Crippen molar-refractivity contribution >= 4 is 17.6 Å². The zero-order valence-corrected chi connectivity index (χ0v) is 10.3. The Labute approximate surface area is 94.0 Å². The SMILES string of the molecule is Cc1cccc(/C=N/[S+]([O-])C(C)(C)C)n1. The number of hydrogen-bond donors (Lipinski definition) is 0. The molecule has 0 aliphatic carbocycles. The van der Waals surface area contributed by atoms with Crippen LogP contribution >= 0.6 is 0 Å². The van der Waals surface area contributed by atoms with Crippen LogP contribution in [0.3, 0.4) is 0 Å². The fourth-order valence-corrected chi connectivity index (χ4v) is 1.42. The van der Waals surface area contributed by atoms with E-state index in [9.17, 15) is 4.55 Å². The van der Waals surface area contributed by atoms with Crippen molar-refractivity contribution in [1.82, 2.24) is 4.98 Å². The molecule has 0 aliphatic rings. The average Bonchev–Trinajstić information content (AvgIpc) is 2.12. The van der Waals surface area contributed by atoms with Gasteiger partial charge in [0.05, 0.1) is 5.69 Å². The lowest BCUT2D eigenvalue weighted by molar-refractivity contribution is 0.562. The van der Waals surface area contributed by atoms with Crippen LogP contribution in [0.25, 0.3) is 0 Å². The van der Waals surface area contributed by atoms with Gasteiger partial charge in [-0.1, -0.05) is 10.5 Å². The van der Waals surface area contributed by atoms with Crippen molar-refractivity contribution in [3.8, 4) is 0 Å². The summed E-state index contributed by atoms with van der Waals surface area (Å²) in [5.41, 5.74) is 1.67. The summed E-state index contributed by atoms with van der Waals surface area (Å²) in [7, 11) is 0. The third-order valence-corrected chi connectivity index (χ3v) is 3.06. The van der Waals surface area contributed by atoms with Gasteiger partial charge in [0.1, 0.15) is 22.3 Å². The lowest BCUT2D eigenvalue weighted by Gasteiger charge is -2.17. The largest absolute Gasteiger partial charge is 0.591 e. The Morgan fingerprint density at radius 3 is 2.60 bits per heavy atom. The first kappa shape index (κ1) is 12.2. The van der Waals surface area contributed by atoms with E-state index in [4.69, 9.17) is 0 Å². The summed E-state index contributed by atoms with van der Waals surface area (Å²) in [6.07, 6.45) is 1.56. The second-order valence-corrected chi connectivity index (χ2v) is 6.23. The summed E-state index contributed by atoms with van der Waals surface area (Å²) < 4.78 is 15.3. The summed E-state index contributed by atoms with van der Waals surface area (Å²) >= 11 is -1.21. The Balaban J connectivity index is 2.74. The molecule has 0 fully saturated rings. The third-order valence-electron chi connectivity index (χ3n) is 1.71. The first-order chi connectivity index (χ1) is 6.89. The van der Waals surface area contributed by atoms with Gasteiger partial charge in [0.2, 0.25) is 0 Å². The molecule has 0 saturated heterocycles. The van der Waals surface area contributed by atoms with Crippen LogP contribution in [-0.4, -0.2) is 20.5 Å². The van der Waals surface area contributed by atoms with Crippen LogP contribution < -0.4 is 0 Å². The number of aryl methyl sites for hydroxylation is 1. The molecule has 1 aromatic heterocycles. The van der Waals surface area contributed by atoms with E-state index in [1.807, 2.05) is 45.9 Å². The molecule has 15 heavy (non-hydrogen) atoms. The van der Waals surface area contributed by atoms with Crippen molar-refractivity contribution in [3.63, 3.8) is 0 Å². The Morgan fingerprint density at radius 1 is 1.40 bits per heavy atom. The summed E-state index contributed by atoms with van der Waals surface area (Å²) in [6, 6.07) is 5.66. The second-order valence-electron chi connectivity index (χ2n) is 4.30. The minimum atomic E-state index is -1.21. The summed E-state index contributed by atoms with van der Waals surface area (Å²) in [6.45, 7) is 7.59. The van der Waals surface area contributed by atoms with E-state index in [0.29, 0.717) is 0 Å². The molecule has 4 heteroatoms. The molecular formula is C11H16N2OS. The second kappa shape index (κ2) is 4.77. The highest BCUT2D eigenvalue weighted by atomic mass is 32.2. The van der Waals surface area contributed by atoms with Crippen molar-refractivity contribution in [2.24, 2.45) is 4.40 Å². The molecule has 1 heterocycles. The molecule has 3 nitrogen and oxygen atoms in total. The Hall–Kier alpha value is -0.870. The van der Waals surface area contributed by atoms with E-state index in [1.165, 1.54) is 0 Å². The van der Waals surface area contributed by atoms with Crippen molar-refractivity contribution in [2.45, 2.75) is 32.4 Å². The summed E-state index contributed by atoms with van der Waals surface area (Å²) in [4.78, 5) is 4.24. The zero-order chi connectivity index (χ0) is 11.5. The predicted molar refractivity (Wildman–Crippen MR) is 64.5 cm³/mol. The van der Waals surface area contributed by atoms with Gasteiger partial charge in [0.25, 0.3) is 0 Å². The number of rotatable bonds is 2. The van der Waals surface area contributed by atoms with Crippen LogP contribution in [-0.2, 0) is 11.4 Å². The maximum atomic E-state index is 11.6. The number of nitrogens with zero attached hydrogens (tertiary/aromatic N) is 2. The molecule has 0 bridgehead atoms. The molecule has 0 amide bonds. The minimum Gasteiger partial charge on any atom is -0.591 e. The highest BCUT2D eigenvalue weighted by Crippen LogP contribution is 2.16. The van der Waals surface area contributed by atoms with E-state index >= 15 is 0 Å². The Kier molecular flexibility index (Phi) is 3.88. The van der Waals surface area contributed by atoms with Crippen LogP contribution in [0.5, 0.6) is 0 Å². The number of pyridine rings is 1. The van der Waals surface area contributed by atoms with E-state index < -0.39 is 11.4 Å². The molecule has 1 atom stereocenters. The van der Waals surface area contributed by atoms with E-state index in [-0.39, 0.29) is 4.75 Å². The van der Waals surface area contributed by atoms with Gasteiger partial charge in [-0.05, 0) is 39.8 Å². The van der Waals surface area contributed by atoms with Gasteiger partial charge < -0.3 is 4.55 Å². The average molecular weight is 224 g/mol. The van der Waals surface area contributed by atoms with Gasteiger partial charge in [0.15, 0.2) is 0 Å². The molecule has 0 saturated carbocycles. The molecule has 1 rings (SSSR count). The van der Waals surface area contributed by atoms with Gasteiger partial charge in [-0.15, -0.1) is 0 Å². The van der Waals surface area contributed by atoms with Crippen LogP contribution in [0, 0.1) is 6.92 Å². The monoisotopic (exact) mass is 224 g/mol. The highest BCUT2D eigenvalue weighted by Gasteiger charge is 2.25. The molecular weight excluding hydrogens is 208 g/mol. The van der Waals surface area contributed by atoms with Gasteiger partial charge >= 0.3 is 0 Å². The Bertz CT molecular complexity index is 358. The van der Waals surface area contributed by atoms with Gasteiger partial charge in [0, 0.05) is 5.69 Å². The standard InChI is InChI=1S/C11H16N2OS/c1-9-6-5-7-10(13-9)8-12-15(14)11(2,3)4/h5-8H,1-4H3/b12-8+. The molecule has 0 aromatic carbocycles. The van der Waals surface area contributed by atoms with Crippen LogP contribution in [0.2, 0.25) is 0 Å². The van der Waals surface area contributed by atoms with Crippen molar-refractivity contribution in [3.05, 3.63) is 29.6 Å². The number of hydrogen-bond acceptors (Lipinski definition) is 3. The third kappa shape index (κ3) is 4.01. The van der Waals surface area contributed by atoms with Crippen molar-refractivity contribution < 1.29 is 4.55 Å². The highest BCUT2D eigenvalue weighted by molar-refractivity contribution is 7.91. The fourth-order valence-electron chi connectivity index (χ4n) is 0.896. The van der Waals surface area contributed by atoms with Gasteiger partial charge in [-0.25, -0.2) is 0 Å². The van der Waals surface area contributed by atoms with Gasteiger partial charge in [-0.3, -0.25) is 4.98 Å². The fraction of sp³-hybridized carbons (Fsp3) is 0.455. The smallest absolute Gasteiger partial charge is 0.144 e. The lowest BCUT2D eigenvalue weighted by atomic mass is 10.3. The van der Waals surface area contributed by atoms with E-state index in [1.54, 1.807) is 6.21 Å². The van der Waals surface area contributed by atoms with Crippen molar-refractivity contribution in [1.29, 1.82) is 0 Å². The molecule has 82 valence electrons. The minimum absolute atomic E-state index is 0.319. The topological polar surface area (TPSA) is 48.3 Å². The molecule has 0 spiro atoms. The molecule has 0 radical (unpaired) electrons. The predicted octanol–water partition coefficient (Wildman–Crippen LogP) is 2.27. The molecule has 0 N–H and O–H groups in total. The lowest BCUT2D eigenvalue weighted by Crippen LogP contribution is -2.25. The molecule has 0 aliphatic heterocycles. The zero-order valence-electron chi connectivity index (χ0n) is 9.52. The first-order valence-corrected chi connectivity index (χ1v) is 5.90. The maximum absolute atomic E-state index is 11.6.